The Morgan fingerprint density at radius 2 is 1.66 bits per heavy atom. The second kappa shape index (κ2) is 9.62. The van der Waals surface area contributed by atoms with Crippen LogP contribution in [0.1, 0.15) is 13.8 Å². The first-order chi connectivity index (χ1) is 15.2. The molecule has 9 heteroatoms. The molecular formula is C23H27N3O5S. The van der Waals surface area contributed by atoms with Crippen molar-refractivity contribution in [2.24, 2.45) is 0 Å². The van der Waals surface area contributed by atoms with Gasteiger partial charge in [-0.05, 0) is 55.5 Å². The standard InChI is InChI=1S/C23H27N3O5S/c1-23(2)21(28)25(22(29)24(23)3)13-18(26(30)15-27)14-31-19-9-5-16(6-10-19)17-7-11-20(32-4)12-8-17/h5-12,15,18,30H,13-14H2,1-4H3. The number of hydrogen-bond acceptors (Lipinski definition) is 6. The van der Waals surface area contributed by atoms with Crippen molar-refractivity contribution in [1.82, 2.24) is 14.9 Å². The highest BCUT2D eigenvalue weighted by molar-refractivity contribution is 7.98. The predicted octanol–water partition coefficient (Wildman–Crippen LogP) is 3.34. The molecule has 1 heterocycles. The molecule has 2 aromatic carbocycles. The van der Waals surface area contributed by atoms with Gasteiger partial charge in [0.15, 0.2) is 0 Å². The van der Waals surface area contributed by atoms with E-state index in [0.717, 1.165) is 16.0 Å². The SMILES string of the molecule is CSc1ccc(-c2ccc(OCC(CN3C(=O)N(C)C(C)(C)C3=O)N(O)C=O)cc2)cc1. The molecule has 0 spiro atoms. The molecule has 1 N–H and O–H groups in total. The number of likely N-dealkylation sites (N-methyl/N-ethyl adjacent to an activating group) is 1. The average Bonchev–Trinajstić information content (AvgIpc) is 2.96. The van der Waals surface area contributed by atoms with Crippen molar-refractivity contribution in [2.75, 3.05) is 26.5 Å². The monoisotopic (exact) mass is 457 g/mol. The summed E-state index contributed by atoms with van der Waals surface area (Å²) in [5.74, 6) is 0.140. The molecule has 0 bridgehead atoms. The van der Waals surface area contributed by atoms with E-state index in [4.69, 9.17) is 4.74 Å². The van der Waals surface area contributed by atoms with Crippen molar-refractivity contribution in [3.63, 3.8) is 0 Å². The molecule has 0 aromatic heterocycles. The minimum absolute atomic E-state index is 0.0990. The molecule has 1 saturated heterocycles. The molecule has 1 fully saturated rings. The number of hydrogen-bond donors (Lipinski definition) is 1. The highest BCUT2D eigenvalue weighted by Gasteiger charge is 2.50. The first-order valence-electron chi connectivity index (χ1n) is 10.1. The fourth-order valence-corrected chi connectivity index (χ4v) is 3.78. The molecule has 3 rings (SSSR count). The Labute approximate surface area is 191 Å². The number of rotatable bonds is 9. The number of benzene rings is 2. The van der Waals surface area contributed by atoms with Gasteiger partial charge in [0.05, 0.1) is 6.54 Å². The summed E-state index contributed by atoms with van der Waals surface area (Å²) in [7, 11) is 1.54. The molecule has 32 heavy (non-hydrogen) atoms. The van der Waals surface area contributed by atoms with E-state index in [0.29, 0.717) is 10.8 Å². The molecular weight excluding hydrogens is 430 g/mol. The maximum atomic E-state index is 12.6. The topological polar surface area (TPSA) is 90.4 Å². The number of thioether (sulfide) groups is 1. The van der Waals surface area contributed by atoms with Crippen LogP contribution in [0.2, 0.25) is 0 Å². The summed E-state index contributed by atoms with van der Waals surface area (Å²) in [6, 6.07) is 14.2. The molecule has 4 amide bonds. The van der Waals surface area contributed by atoms with E-state index in [9.17, 15) is 19.6 Å². The van der Waals surface area contributed by atoms with Gasteiger partial charge in [-0.3, -0.25) is 19.7 Å². The fraction of sp³-hybridized carbons (Fsp3) is 0.348. The molecule has 8 nitrogen and oxygen atoms in total. The van der Waals surface area contributed by atoms with E-state index in [1.165, 1.54) is 9.80 Å². The molecule has 1 aliphatic rings. The Hall–Kier alpha value is -3.04. The molecule has 1 aliphatic heterocycles. The lowest BCUT2D eigenvalue weighted by Gasteiger charge is -2.26. The fourth-order valence-electron chi connectivity index (χ4n) is 3.37. The maximum Gasteiger partial charge on any atom is 0.327 e. The van der Waals surface area contributed by atoms with Crippen molar-refractivity contribution < 1.29 is 24.3 Å². The third-order valence-corrected chi connectivity index (χ3v) is 6.46. The minimum atomic E-state index is -0.992. The minimum Gasteiger partial charge on any atom is -0.491 e. The van der Waals surface area contributed by atoms with Crippen LogP contribution in [-0.4, -0.2) is 76.5 Å². The highest BCUT2D eigenvalue weighted by atomic mass is 32.2. The Morgan fingerprint density at radius 3 is 2.12 bits per heavy atom. The van der Waals surface area contributed by atoms with Crippen LogP contribution < -0.4 is 4.74 Å². The summed E-state index contributed by atoms with van der Waals surface area (Å²) in [5, 5.41) is 10.4. The van der Waals surface area contributed by atoms with Crippen LogP contribution in [0.15, 0.2) is 53.4 Å². The molecule has 0 radical (unpaired) electrons. The number of nitrogens with zero attached hydrogens (tertiary/aromatic N) is 3. The molecule has 0 aliphatic carbocycles. The van der Waals surface area contributed by atoms with Crippen LogP contribution in [0.4, 0.5) is 4.79 Å². The van der Waals surface area contributed by atoms with Crippen LogP contribution in [0.25, 0.3) is 11.1 Å². The zero-order valence-electron chi connectivity index (χ0n) is 18.5. The molecule has 2 aromatic rings. The number of carbonyl (C=O) groups is 3. The number of ether oxygens (including phenoxy) is 1. The number of urea groups is 1. The van der Waals surface area contributed by atoms with Crippen molar-refractivity contribution in [1.29, 1.82) is 0 Å². The van der Waals surface area contributed by atoms with E-state index < -0.39 is 23.5 Å². The second-order valence-corrected chi connectivity index (χ2v) is 8.90. The van der Waals surface area contributed by atoms with Gasteiger partial charge in [0.2, 0.25) is 6.41 Å². The van der Waals surface area contributed by atoms with Gasteiger partial charge >= 0.3 is 6.03 Å². The molecule has 1 unspecified atom stereocenters. The van der Waals surface area contributed by atoms with Gasteiger partial charge in [0.1, 0.15) is 23.9 Å². The van der Waals surface area contributed by atoms with E-state index in [2.05, 4.69) is 12.1 Å². The summed E-state index contributed by atoms with van der Waals surface area (Å²) in [6.07, 6.45) is 2.26. The summed E-state index contributed by atoms with van der Waals surface area (Å²) in [6.45, 7) is 3.01. The van der Waals surface area contributed by atoms with E-state index in [1.807, 2.05) is 30.5 Å². The van der Waals surface area contributed by atoms with Gasteiger partial charge in [-0.2, -0.15) is 0 Å². The summed E-state index contributed by atoms with van der Waals surface area (Å²) >= 11 is 1.68. The third kappa shape index (κ3) is 4.73. The zero-order valence-corrected chi connectivity index (χ0v) is 19.3. The van der Waals surface area contributed by atoms with Gasteiger partial charge in [0.25, 0.3) is 5.91 Å². The largest absolute Gasteiger partial charge is 0.491 e. The lowest BCUT2D eigenvalue weighted by Crippen LogP contribution is -2.48. The van der Waals surface area contributed by atoms with Crippen molar-refractivity contribution >= 4 is 30.1 Å². The Bertz CT molecular complexity index is 978. The van der Waals surface area contributed by atoms with Gasteiger partial charge in [-0.1, -0.05) is 24.3 Å². The van der Waals surface area contributed by atoms with Crippen molar-refractivity contribution in [2.45, 2.75) is 30.3 Å². The molecule has 170 valence electrons. The normalized spacial score (nSPS) is 16.3. The molecule has 1 atom stereocenters. The van der Waals surface area contributed by atoms with E-state index >= 15 is 0 Å². The quantitative estimate of drug-likeness (QED) is 0.204. The van der Waals surface area contributed by atoms with Gasteiger partial charge < -0.3 is 9.64 Å². The van der Waals surface area contributed by atoms with Crippen molar-refractivity contribution in [3.05, 3.63) is 48.5 Å². The van der Waals surface area contributed by atoms with Gasteiger partial charge in [-0.25, -0.2) is 9.86 Å². The van der Waals surface area contributed by atoms with Crippen LogP contribution >= 0.6 is 11.8 Å². The molecule has 0 saturated carbocycles. The Kier molecular flexibility index (Phi) is 7.10. The highest BCUT2D eigenvalue weighted by Crippen LogP contribution is 2.27. The van der Waals surface area contributed by atoms with Crippen LogP contribution in [-0.2, 0) is 9.59 Å². The number of hydroxylamine groups is 2. The van der Waals surface area contributed by atoms with Crippen LogP contribution in [0.5, 0.6) is 5.75 Å². The van der Waals surface area contributed by atoms with Crippen LogP contribution in [0.3, 0.4) is 0 Å². The summed E-state index contributed by atoms with van der Waals surface area (Å²) in [5.41, 5.74) is 1.11. The Balaban J connectivity index is 1.67. The lowest BCUT2D eigenvalue weighted by molar-refractivity contribution is -0.165. The summed E-state index contributed by atoms with van der Waals surface area (Å²) < 4.78 is 5.75. The van der Waals surface area contributed by atoms with Crippen LogP contribution in [0, 0.1) is 0 Å². The average molecular weight is 458 g/mol. The number of imide groups is 1. The summed E-state index contributed by atoms with van der Waals surface area (Å²) in [4.78, 5) is 39.8. The first kappa shape index (κ1) is 23.6. The van der Waals surface area contributed by atoms with Gasteiger partial charge in [-0.15, -0.1) is 11.8 Å². The van der Waals surface area contributed by atoms with E-state index in [1.54, 1.807) is 44.8 Å². The predicted molar refractivity (Wildman–Crippen MR) is 122 cm³/mol. The first-order valence-corrected chi connectivity index (χ1v) is 11.3. The number of carbonyl (C=O) groups excluding carboxylic acids is 3. The van der Waals surface area contributed by atoms with Crippen molar-refractivity contribution in [3.8, 4) is 16.9 Å². The van der Waals surface area contributed by atoms with Gasteiger partial charge in [0, 0.05) is 11.9 Å². The smallest absolute Gasteiger partial charge is 0.327 e. The van der Waals surface area contributed by atoms with E-state index in [-0.39, 0.29) is 19.6 Å². The zero-order chi connectivity index (χ0) is 23.5. The lowest BCUT2D eigenvalue weighted by atomic mass is 10.1. The second-order valence-electron chi connectivity index (χ2n) is 8.02. The maximum absolute atomic E-state index is 12.6. The Morgan fingerprint density at radius 1 is 1.09 bits per heavy atom. The number of amides is 4. The third-order valence-electron chi connectivity index (χ3n) is 5.72.